The van der Waals surface area contributed by atoms with Crippen molar-refractivity contribution in [2.24, 2.45) is 0 Å². The Labute approximate surface area is 72.3 Å². The van der Waals surface area contributed by atoms with E-state index >= 15 is 0 Å². The van der Waals surface area contributed by atoms with Crippen LogP contribution >= 0.6 is 11.8 Å². The smallest absolute Gasteiger partial charge is 0.222 e. The summed E-state index contributed by atoms with van der Waals surface area (Å²) in [6.07, 6.45) is 1.81. The first-order chi connectivity index (χ1) is 5.25. The van der Waals surface area contributed by atoms with Crippen molar-refractivity contribution in [1.82, 2.24) is 4.90 Å². The van der Waals surface area contributed by atoms with Gasteiger partial charge in [-0.25, -0.2) is 0 Å². The molecule has 1 aliphatic heterocycles. The molecule has 0 aromatic rings. The van der Waals surface area contributed by atoms with Gasteiger partial charge in [0.05, 0.1) is 0 Å². The highest BCUT2D eigenvalue weighted by atomic mass is 32.2. The summed E-state index contributed by atoms with van der Waals surface area (Å²) < 4.78 is 0. The quantitative estimate of drug-likeness (QED) is 0.628. The number of nitrogens with zero attached hydrogens (tertiary/aromatic N) is 1. The molecule has 1 unspecified atom stereocenters. The summed E-state index contributed by atoms with van der Waals surface area (Å²) in [6, 6.07) is 0.507. The Bertz CT molecular complexity index is 143. The van der Waals surface area contributed by atoms with Gasteiger partial charge in [-0.05, 0) is 12.2 Å². The molecule has 1 fully saturated rings. The molecule has 1 aliphatic rings. The number of hydrogen-bond donors (Lipinski definition) is 0. The zero-order chi connectivity index (χ0) is 8.27. The summed E-state index contributed by atoms with van der Waals surface area (Å²) in [5.41, 5.74) is 0. The van der Waals surface area contributed by atoms with E-state index in [1.54, 1.807) is 0 Å². The predicted octanol–water partition coefficient (Wildman–Crippen LogP) is 1.36. The molecule has 1 saturated heterocycles. The van der Waals surface area contributed by atoms with Crippen LogP contribution in [0.5, 0.6) is 0 Å². The van der Waals surface area contributed by atoms with Crippen LogP contribution in [0, 0.1) is 0 Å². The third kappa shape index (κ3) is 2.12. The third-order valence-electron chi connectivity index (χ3n) is 2.15. The lowest BCUT2D eigenvalue weighted by atomic mass is 10.2. The van der Waals surface area contributed by atoms with Crippen LogP contribution in [0.4, 0.5) is 0 Å². The highest BCUT2D eigenvalue weighted by molar-refractivity contribution is 7.99. The van der Waals surface area contributed by atoms with Gasteiger partial charge in [-0.15, -0.1) is 0 Å². The number of amides is 1. The molecule has 2 nitrogen and oxygen atoms in total. The van der Waals surface area contributed by atoms with E-state index in [1.165, 1.54) is 12.2 Å². The summed E-state index contributed by atoms with van der Waals surface area (Å²) in [6.45, 7) is 1.92. The lowest BCUT2D eigenvalue weighted by Crippen LogP contribution is -2.36. The molecule has 11 heavy (non-hydrogen) atoms. The van der Waals surface area contributed by atoms with Crippen molar-refractivity contribution in [3.8, 4) is 0 Å². The van der Waals surface area contributed by atoms with Crippen molar-refractivity contribution in [2.75, 3.05) is 18.6 Å². The van der Waals surface area contributed by atoms with E-state index < -0.39 is 0 Å². The molecule has 64 valence electrons. The van der Waals surface area contributed by atoms with Crippen molar-refractivity contribution in [3.05, 3.63) is 0 Å². The van der Waals surface area contributed by atoms with Crippen molar-refractivity contribution in [1.29, 1.82) is 0 Å². The Balaban J connectivity index is 2.39. The zero-order valence-electron chi connectivity index (χ0n) is 7.17. The number of thioether (sulfide) groups is 1. The van der Waals surface area contributed by atoms with Crippen LogP contribution in [-0.4, -0.2) is 35.4 Å². The molecule has 3 heteroatoms. The first kappa shape index (κ1) is 8.91. The van der Waals surface area contributed by atoms with Crippen LogP contribution < -0.4 is 0 Å². The molecular weight excluding hydrogens is 158 g/mol. The molecule has 1 heterocycles. The fraction of sp³-hybridized carbons (Fsp3) is 0.875. The van der Waals surface area contributed by atoms with E-state index in [4.69, 9.17) is 0 Å². The van der Waals surface area contributed by atoms with Gasteiger partial charge >= 0.3 is 0 Å². The van der Waals surface area contributed by atoms with E-state index in [-0.39, 0.29) is 5.91 Å². The molecule has 1 atom stereocenters. The minimum absolute atomic E-state index is 0.275. The van der Waals surface area contributed by atoms with Gasteiger partial charge in [0.25, 0.3) is 0 Å². The lowest BCUT2D eigenvalue weighted by Gasteiger charge is -2.22. The topological polar surface area (TPSA) is 20.3 Å². The van der Waals surface area contributed by atoms with Gasteiger partial charge < -0.3 is 4.90 Å². The SMILES string of the molecule is CCC(=O)N(C)C1CCSC1. The van der Waals surface area contributed by atoms with Crippen molar-refractivity contribution in [3.63, 3.8) is 0 Å². The minimum atomic E-state index is 0.275. The molecule has 0 radical (unpaired) electrons. The summed E-state index contributed by atoms with van der Waals surface area (Å²) in [5.74, 6) is 2.62. The highest BCUT2D eigenvalue weighted by Crippen LogP contribution is 2.21. The average molecular weight is 173 g/mol. The fourth-order valence-electron chi connectivity index (χ4n) is 1.28. The Morgan fingerprint density at radius 1 is 1.73 bits per heavy atom. The largest absolute Gasteiger partial charge is 0.342 e. The Morgan fingerprint density at radius 3 is 2.91 bits per heavy atom. The number of hydrogen-bond acceptors (Lipinski definition) is 2. The Hall–Kier alpha value is -0.180. The van der Waals surface area contributed by atoms with Crippen LogP contribution in [0.2, 0.25) is 0 Å². The maximum atomic E-state index is 11.2. The van der Waals surface area contributed by atoms with E-state index in [2.05, 4.69) is 0 Å². The molecule has 0 spiro atoms. The molecular formula is C8H15NOS. The molecule has 0 aliphatic carbocycles. The highest BCUT2D eigenvalue weighted by Gasteiger charge is 2.22. The van der Waals surface area contributed by atoms with Crippen LogP contribution in [-0.2, 0) is 4.79 Å². The van der Waals surface area contributed by atoms with Gasteiger partial charge in [0, 0.05) is 25.3 Å². The van der Waals surface area contributed by atoms with Crippen LogP contribution in [0.3, 0.4) is 0 Å². The zero-order valence-corrected chi connectivity index (χ0v) is 7.99. The molecule has 0 aromatic heterocycles. The third-order valence-corrected chi connectivity index (χ3v) is 3.29. The van der Waals surface area contributed by atoms with Gasteiger partial charge in [0.2, 0.25) is 5.91 Å². The van der Waals surface area contributed by atoms with E-state index in [1.807, 2.05) is 30.6 Å². The van der Waals surface area contributed by atoms with Gasteiger partial charge in [0.1, 0.15) is 0 Å². The summed E-state index contributed by atoms with van der Waals surface area (Å²) >= 11 is 1.94. The van der Waals surface area contributed by atoms with E-state index in [0.717, 1.165) is 5.75 Å². The maximum Gasteiger partial charge on any atom is 0.222 e. The molecule has 0 bridgehead atoms. The standard InChI is InChI=1S/C8H15NOS/c1-3-8(10)9(2)7-4-5-11-6-7/h7H,3-6H2,1-2H3. The first-order valence-corrected chi connectivity index (χ1v) is 5.24. The molecule has 1 amide bonds. The maximum absolute atomic E-state index is 11.2. The van der Waals surface area contributed by atoms with Crippen LogP contribution in [0.1, 0.15) is 19.8 Å². The van der Waals surface area contributed by atoms with E-state index in [9.17, 15) is 4.79 Å². The fourth-order valence-corrected chi connectivity index (χ4v) is 2.55. The second-order valence-electron chi connectivity index (χ2n) is 2.88. The van der Waals surface area contributed by atoms with Gasteiger partial charge in [-0.3, -0.25) is 4.79 Å². The summed E-state index contributed by atoms with van der Waals surface area (Å²) in [5, 5.41) is 0. The molecule has 0 saturated carbocycles. The second-order valence-corrected chi connectivity index (χ2v) is 4.03. The van der Waals surface area contributed by atoms with E-state index in [0.29, 0.717) is 12.5 Å². The van der Waals surface area contributed by atoms with Gasteiger partial charge in [0.15, 0.2) is 0 Å². The molecule has 0 N–H and O–H groups in total. The second kappa shape index (κ2) is 4.00. The Morgan fingerprint density at radius 2 is 2.45 bits per heavy atom. The van der Waals surface area contributed by atoms with Crippen molar-refractivity contribution >= 4 is 17.7 Å². The molecule has 1 rings (SSSR count). The summed E-state index contributed by atoms with van der Waals surface area (Å²) in [7, 11) is 1.92. The monoisotopic (exact) mass is 173 g/mol. The summed E-state index contributed by atoms with van der Waals surface area (Å²) in [4.78, 5) is 13.1. The number of rotatable bonds is 2. The van der Waals surface area contributed by atoms with Crippen molar-refractivity contribution in [2.45, 2.75) is 25.8 Å². The van der Waals surface area contributed by atoms with Crippen molar-refractivity contribution < 1.29 is 4.79 Å². The Kier molecular flexibility index (Phi) is 3.24. The van der Waals surface area contributed by atoms with Crippen LogP contribution in [0.25, 0.3) is 0 Å². The lowest BCUT2D eigenvalue weighted by molar-refractivity contribution is -0.131. The van der Waals surface area contributed by atoms with Gasteiger partial charge in [-0.2, -0.15) is 11.8 Å². The molecule has 0 aromatic carbocycles. The first-order valence-electron chi connectivity index (χ1n) is 4.09. The normalized spacial score (nSPS) is 23.6. The minimum Gasteiger partial charge on any atom is -0.342 e. The number of carbonyl (C=O) groups excluding carboxylic acids is 1. The average Bonchev–Trinajstić information content (AvgIpc) is 2.53. The van der Waals surface area contributed by atoms with Crippen LogP contribution in [0.15, 0.2) is 0 Å². The number of carbonyl (C=O) groups is 1. The predicted molar refractivity (Wildman–Crippen MR) is 48.8 cm³/mol. The van der Waals surface area contributed by atoms with Gasteiger partial charge in [-0.1, -0.05) is 6.92 Å².